The van der Waals surface area contributed by atoms with Crippen LogP contribution >= 0.6 is 11.6 Å². The molecule has 2 aromatic heterocycles. The van der Waals surface area contributed by atoms with E-state index in [1.807, 2.05) is 67.9 Å². The molecule has 2 heterocycles. The van der Waals surface area contributed by atoms with Gasteiger partial charge in [0.1, 0.15) is 6.33 Å². The van der Waals surface area contributed by atoms with Crippen LogP contribution in [0.25, 0.3) is 11.4 Å². The number of amides is 1. The minimum atomic E-state index is -0.122. The van der Waals surface area contributed by atoms with Gasteiger partial charge >= 0.3 is 0 Å². The summed E-state index contributed by atoms with van der Waals surface area (Å²) in [6.07, 6.45) is 1.74. The summed E-state index contributed by atoms with van der Waals surface area (Å²) in [5, 5.41) is 19.5. The Bertz CT molecular complexity index is 1200. The molecular weight excluding hydrogens is 402 g/mol. The van der Waals surface area contributed by atoms with Crippen molar-refractivity contribution in [2.75, 3.05) is 5.32 Å². The molecule has 0 bridgehead atoms. The molecule has 0 aliphatic heterocycles. The lowest BCUT2D eigenvalue weighted by atomic mass is 10.1. The molecule has 152 valence electrons. The lowest BCUT2D eigenvalue weighted by molar-refractivity contribution is -0.115. The molecule has 0 saturated carbocycles. The van der Waals surface area contributed by atoms with Crippen molar-refractivity contribution in [1.82, 2.24) is 30.0 Å². The molecule has 8 nitrogen and oxygen atoms in total. The second-order valence-electron chi connectivity index (χ2n) is 7.02. The van der Waals surface area contributed by atoms with Crippen molar-refractivity contribution in [3.05, 3.63) is 76.3 Å². The Labute approximate surface area is 178 Å². The quantitative estimate of drug-likeness (QED) is 0.531. The highest BCUT2D eigenvalue weighted by Crippen LogP contribution is 2.22. The fourth-order valence-corrected chi connectivity index (χ4v) is 3.46. The minimum absolute atomic E-state index is 0.122. The van der Waals surface area contributed by atoms with Gasteiger partial charge in [0.05, 0.1) is 23.5 Å². The van der Waals surface area contributed by atoms with Crippen molar-refractivity contribution < 1.29 is 4.79 Å². The Morgan fingerprint density at radius 2 is 1.87 bits per heavy atom. The summed E-state index contributed by atoms with van der Waals surface area (Å²) in [6, 6.07) is 13.1. The number of anilines is 1. The van der Waals surface area contributed by atoms with E-state index in [1.165, 1.54) is 6.33 Å². The van der Waals surface area contributed by atoms with E-state index in [4.69, 9.17) is 11.6 Å². The third-order valence-electron chi connectivity index (χ3n) is 4.94. The molecule has 1 amide bonds. The smallest absolute Gasteiger partial charge is 0.228 e. The van der Waals surface area contributed by atoms with Crippen molar-refractivity contribution in [2.45, 2.75) is 27.2 Å². The molecule has 0 aliphatic rings. The first-order valence-electron chi connectivity index (χ1n) is 9.37. The molecule has 0 radical (unpaired) electrons. The summed E-state index contributed by atoms with van der Waals surface area (Å²) < 4.78 is 3.39. The average molecular weight is 422 g/mol. The van der Waals surface area contributed by atoms with Crippen LogP contribution in [0.2, 0.25) is 5.02 Å². The van der Waals surface area contributed by atoms with Gasteiger partial charge in [-0.05, 0) is 73.2 Å². The second kappa shape index (κ2) is 8.08. The van der Waals surface area contributed by atoms with Crippen LogP contribution in [0, 0.1) is 20.8 Å². The lowest BCUT2D eigenvalue weighted by Crippen LogP contribution is -2.16. The number of rotatable bonds is 5. The SMILES string of the molecule is Cc1ccc(NC(=O)Cc2c(C)nn(-c3ccc(Cl)cc3)c2C)cc1-n1cnnn1. The lowest BCUT2D eigenvalue weighted by Gasteiger charge is -2.10. The zero-order valence-electron chi connectivity index (χ0n) is 16.8. The number of tetrazole rings is 1. The average Bonchev–Trinajstić information content (AvgIpc) is 3.34. The fraction of sp³-hybridized carbons (Fsp3) is 0.190. The number of nitrogens with one attached hydrogen (secondary N) is 1. The number of aryl methyl sites for hydroxylation is 2. The van der Waals surface area contributed by atoms with Crippen molar-refractivity contribution in [3.63, 3.8) is 0 Å². The van der Waals surface area contributed by atoms with Gasteiger partial charge in [-0.3, -0.25) is 4.79 Å². The number of benzene rings is 2. The number of hydrogen-bond acceptors (Lipinski definition) is 5. The van der Waals surface area contributed by atoms with Gasteiger partial charge in [-0.1, -0.05) is 17.7 Å². The number of carbonyl (C=O) groups excluding carboxylic acids is 1. The molecule has 0 atom stereocenters. The van der Waals surface area contributed by atoms with E-state index in [9.17, 15) is 4.79 Å². The maximum atomic E-state index is 12.7. The van der Waals surface area contributed by atoms with Crippen LogP contribution in [-0.4, -0.2) is 35.9 Å². The monoisotopic (exact) mass is 421 g/mol. The molecule has 9 heteroatoms. The summed E-state index contributed by atoms with van der Waals surface area (Å²) >= 11 is 5.98. The molecule has 30 heavy (non-hydrogen) atoms. The van der Waals surface area contributed by atoms with Gasteiger partial charge in [-0.25, -0.2) is 9.36 Å². The second-order valence-corrected chi connectivity index (χ2v) is 7.45. The highest BCUT2D eigenvalue weighted by molar-refractivity contribution is 6.30. The first kappa shape index (κ1) is 19.8. The largest absolute Gasteiger partial charge is 0.326 e. The molecule has 1 N–H and O–H groups in total. The number of hydrogen-bond donors (Lipinski definition) is 1. The van der Waals surface area contributed by atoms with E-state index in [-0.39, 0.29) is 12.3 Å². The topological polar surface area (TPSA) is 90.5 Å². The van der Waals surface area contributed by atoms with Gasteiger partial charge in [0.25, 0.3) is 0 Å². The van der Waals surface area contributed by atoms with E-state index in [1.54, 1.807) is 4.68 Å². The standard InChI is InChI=1S/C21H20ClN7O/c1-13-4-7-17(10-20(13)28-12-23-26-27-28)24-21(30)11-19-14(2)25-29(15(19)3)18-8-5-16(22)6-9-18/h4-10,12H,11H2,1-3H3,(H,24,30). The molecule has 0 unspecified atom stereocenters. The highest BCUT2D eigenvalue weighted by Gasteiger charge is 2.16. The molecule has 2 aromatic carbocycles. The van der Waals surface area contributed by atoms with E-state index in [0.29, 0.717) is 10.7 Å². The molecule has 4 rings (SSSR count). The predicted molar refractivity (Wildman–Crippen MR) is 114 cm³/mol. The van der Waals surface area contributed by atoms with Gasteiger partial charge < -0.3 is 5.32 Å². The summed E-state index contributed by atoms with van der Waals surface area (Å²) in [4.78, 5) is 12.7. The first-order chi connectivity index (χ1) is 14.4. The molecular formula is C21H20ClN7O. The Balaban J connectivity index is 1.54. The molecule has 0 aliphatic carbocycles. The van der Waals surface area contributed by atoms with Gasteiger partial charge in [-0.2, -0.15) is 5.10 Å². The number of halogens is 1. The van der Waals surface area contributed by atoms with Crippen LogP contribution in [0.4, 0.5) is 5.69 Å². The van der Waals surface area contributed by atoms with Gasteiger partial charge in [0, 0.05) is 22.0 Å². The van der Waals surface area contributed by atoms with Crippen LogP contribution in [0.3, 0.4) is 0 Å². The number of carbonyl (C=O) groups is 1. The summed E-state index contributed by atoms with van der Waals surface area (Å²) in [6.45, 7) is 5.82. The van der Waals surface area contributed by atoms with Crippen molar-refractivity contribution in [3.8, 4) is 11.4 Å². The Kier molecular flexibility index (Phi) is 5.33. The minimum Gasteiger partial charge on any atom is -0.326 e. The fourth-order valence-electron chi connectivity index (χ4n) is 3.34. The van der Waals surface area contributed by atoms with Crippen LogP contribution in [0.5, 0.6) is 0 Å². The number of nitrogens with zero attached hydrogens (tertiary/aromatic N) is 6. The summed E-state index contributed by atoms with van der Waals surface area (Å²) in [7, 11) is 0. The van der Waals surface area contributed by atoms with Gasteiger partial charge in [0.15, 0.2) is 0 Å². The normalized spacial score (nSPS) is 10.9. The van der Waals surface area contributed by atoms with Crippen molar-refractivity contribution in [1.29, 1.82) is 0 Å². The summed E-state index contributed by atoms with van der Waals surface area (Å²) in [5.41, 5.74) is 6.01. The molecule has 0 fully saturated rings. The first-order valence-corrected chi connectivity index (χ1v) is 9.75. The third kappa shape index (κ3) is 3.95. The third-order valence-corrected chi connectivity index (χ3v) is 5.19. The van der Waals surface area contributed by atoms with Gasteiger partial charge in [-0.15, -0.1) is 5.10 Å². The van der Waals surface area contributed by atoms with Crippen molar-refractivity contribution >= 4 is 23.2 Å². The van der Waals surface area contributed by atoms with Gasteiger partial charge in [0.2, 0.25) is 5.91 Å². The Morgan fingerprint density at radius 1 is 1.10 bits per heavy atom. The maximum Gasteiger partial charge on any atom is 0.228 e. The zero-order valence-corrected chi connectivity index (χ0v) is 17.6. The summed E-state index contributed by atoms with van der Waals surface area (Å²) in [5.74, 6) is -0.122. The predicted octanol–water partition coefficient (Wildman–Crippen LogP) is 3.61. The van der Waals surface area contributed by atoms with E-state index in [2.05, 4.69) is 25.9 Å². The molecule has 0 saturated heterocycles. The number of aromatic nitrogens is 6. The Hall–Kier alpha value is -3.52. The van der Waals surface area contributed by atoms with E-state index in [0.717, 1.165) is 33.9 Å². The molecule has 4 aromatic rings. The van der Waals surface area contributed by atoms with Crippen LogP contribution in [0.15, 0.2) is 48.8 Å². The van der Waals surface area contributed by atoms with Crippen LogP contribution in [-0.2, 0) is 11.2 Å². The molecule has 0 spiro atoms. The van der Waals surface area contributed by atoms with E-state index >= 15 is 0 Å². The van der Waals surface area contributed by atoms with Crippen LogP contribution in [0.1, 0.15) is 22.5 Å². The van der Waals surface area contributed by atoms with E-state index < -0.39 is 0 Å². The van der Waals surface area contributed by atoms with Crippen molar-refractivity contribution in [2.24, 2.45) is 0 Å². The van der Waals surface area contributed by atoms with Crippen LogP contribution < -0.4 is 5.32 Å². The zero-order chi connectivity index (χ0) is 21.3. The Morgan fingerprint density at radius 3 is 2.57 bits per heavy atom. The highest BCUT2D eigenvalue weighted by atomic mass is 35.5. The maximum absolute atomic E-state index is 12.7.